The summed E-state index contributed by atoms with van der Waals surface area (Å²) < 4.78 is 0. The van der Waals surface area contributed by atoms with Crippen LogP contribution in [0.25, 0.3) is 6.08 Å². The van der Waals surface area contributed by atoms with Crippen molar-refractivity contribution in [2.24, 2.45) is 0 Å². The van der Waals surface area contributed by atoms with Crippen LogP contribution in [0.1, 0.15) is 60.7 Å². The van der Waals surface area contributed by atoms with Crippen LogP contribution in [0.4, 0.5) is 5.00 Å². The number of nitrogens with one attached hydrogen (secondary N) is 1. The Morgan fingerprint density at radius 1 is 1.19 bits per heavy atom. The fourth-order valence-corrected chi connectivity index (χ4v) is 4.43. The van der Waals surface area contributed by atoms with Crippen LogP contribution < -0.4 is 5.32 Å². The summed E-state index contributed by atoms with van der Waals surface area (Å²) in [5.41, 5.74) is 4.16. The van der Waals surface area contributed by atoms with Crippen LogP contribution in [0.15, 0.2) is 30.3 Å². The van der Waals surface area contributed by atoms with Gasteiger partial charge in [0, 0.05) is 11.0 Å². The summed E-state index contributed by atoms with van der Waals surface area (Å²) in [7, 11) is 0. The van der Waals surface area contributed by atoms with Crippen molar-refractivity contribution >= 4 is 28.3 Å². The summed E-state index contributed by atoms with van der Waals surface area (Å²) in [6.07, 6.45) is 7.58. The van der Waals surface area contributed by atoms with Crippen LogP contribution in [-0.2, 0) is 23.1 Å². The molecule has 0 fully saturated rings. The van der Waals surface area contributed by atoms with Crippen molar-refractivity contribution in [3.8, 4) is 6.07 Å². The van der Waals surface area contributed by atoms with Crippen LogP contribution in [0.2, 0.25) is 0 Å². The molecule has 1 aromatic carbocycles. The van der Waals surface area contributed by atoms with Crippen molar-refractivity contribution < 1.29 is 4.79 Å². The van der Waals surface area contributed by atoms with E-state index in [0.29, 0.717) is 10.6 Å². The first-order chi connectivity index (χ1) is 12.4. The van der Waals surface area contributed by atoms with Gasteiger partial charge in [0.1, 0.15) is 11.1 Å². The van der Waals surface area contributed by atoms with E-state index in [1.165, 1.54) is 16.5 Å². The number of nitriles is 1. The Balaban J connectivity index is 1.70. The number of fused-ring (bicyclic) bond motifs is 1. The van der Waals surface area contributed by atoms with Crippen LogP contribution in [0, 0.1) is 11.3 Å². The lowest BCUT2D eigenvalue weighted by atomic mass is 9.87. The minimum atomic E-state index is -0.194. The zero-order chi connectivity index (χ0) is 18.7. The Bertz CT molecular complexity index is 877. The fraction of sp³-hybridized carbons (Fsp3) is 0.364. The highest BCUT2D eigenvalue weighted by Crippen LogP contribution is 2.37. The molecule has 1 heterocycles. The van der Waals surface area contributed by atoms with Gasteiger partial charge in [-0.1, -0.05) is 45.0 Å². The van der Waals surface area contributed by atoms with Crippen molar-refractivity contribution in [3.63, 3.8) is 0 Å². The van der Waals surface area contributed by atoms with Gasteiger partial charge in [0.25, 0.3) is 0 Å². The smallest absolute Gasteiger partial charge is 0.249 e. The second-order valence-electron chi connectivity index (χ2n) is 7.72. The van der Waals surface area contributed by atoms with Gasteiger partial charge in [0.05, 0.1) is 5.56 Å². The molecule has 0 saturated heterocycles. The Kier molecular flexibility index (Phi) is 5.29. The molecule has 1 aromatic heterocycles. The number of nitrogens with zero attached hydrogens (tertiary/aromatic N) is 1. The molecule has 1 aliphatic rings. The molecule has 0 bridgehead atoms. The molecule has 2 aromatic rings. The van der Waals surface area contributed by atoms with Crippen molar-refractivity contribution in [3.05, 3.63) is 57.5 Å². The molecule has 0 radical (unpaired) electrons. The molecule has 1 amide bonds. The second-order valence-corrected chi connectivity index (χ2v) is 8.83. The van der Waals surface area contributed by atoms with E-state index in [9.17, 15) is 10.1 Å². The summed E-state index contributed by atoms with van der Waals surface area (Å²) >= 11 is 1.55. The van der Waals surface area contributed by atoms with Gasteiger partial charge in [-0.25, -0.2) is 0 Å². The normalized spacial score (nSPS) is 14.1. The van der Waals surface area contributed by atoms with Crippen LogP contribution in [0.3, 0.4) is 0 Å². The number of aryl methyl sites for hydroxylation is 1. The average Bonchev–Trinajstić information content (AvgIpc) is 2.96. The Morgan fingerprint density at radius 3 is 2.54 bits per heavy atom. The van der Waals surface area contributed by atoms with E-state index in [1.807, 2.05) is 12.1 Å². The lowest BCUT2D eigenvalue weighted by Gasteiger charge is -2.18. The summed E-state index contributed by atoms with van der Waals surface area (Å²) in [6, 6.07) is 10.5. The second kappa shape index (κ2) is 7.47. The average molecular weight is 365 g/mol. The number of thiophene rings is 1. The van der Waals surface area contributed by atoms with Gasteiger partial charge in [0.15, 0.2) is 0 Å². The SMILES string of the molecule is CC(C)(C)c1ccc(/C=C/C(=O)Nc2sc3c(c2C#N)CCCC3)cc1. The van der Waals surface area contributed by atoms with Gasteiger partial charge in [-0.15, -0.1) is 11.3 Å². The molecule has 0 atom stereocenters. The predicted molar refractivity (Wildman–Crippen MR) is 108 cm³/mol. The van der Waals surface area contributed by atoms with E-state index in [0.717, 1.165) is 36.8 Å². The van der Waals surface area contributed by atoms with E-state index in [4.69, 9.17) is 0 Å². The lowest BCUT2D eigenvalue weighted by Crippen LogP contribution is -2.10. The quantitative estimate of drug-likeness (QED) is 0.737. The van der Waals surface area contributed by atoms with E-state index in [1.54, 1.807) is 17.4 Å². The zero-order valence-electron chi connectivity index (χ0n) is 15.6. The minimum Gasteiger partial charge on any atom is -0.313 e. The molecule has 0 saturated carbocycles. The maximum absolute atomic E-state index is 12.3. The number of rotatable bonds is 3. The summed E-state index contributed by atoms with van der Waals surface area (Å²) in [5, 5.41) is 13.0. The molecule has 1 N–H and O–H groups in total. The number of hydrogen-bond donors (Lipinski definition) is 1. The number of anilines is 1. The Hall–Kier alpha value is -2.38. The number of carbonyl (C=O) groups is 1. The highest BCUT2D eigenvalue weighted by Gasteiger charge is 2.21. The third-order valence-electron chi connectivity index (χ3n) is 4.72. The number of benzene rings is 1. The molecule has 134 valence electrons. The molecule has 0 unspecified atom stereocenters. The van der Waals surface area contributed by atoms with Gasteiger partial charge in [-0.2, -0.15) is 5.26 Å². The van der Waals surface area contributed by atoms with Gasteiger partial charge in [-0.3, -0.25) is 4.79 Å². The molecule has 0 spiro atoms. The fourth-order valence-electron chi connectivity index (χ4n) is 3.19. The predicted octanol–water partition coefficient (Wildman–Crippen LogP) is 5.45. The van der Waals surface area contributed by atoms with E-state index in [2.05, 4.69) is 44.3 Å². The summed E-state index contributed by atoms with van der Waals surface area (Å²) in [5.74, 6) is -0.194. The lowest BCUT2D eigenvalue weighted by molar-refractivity contribution is -0.111. The molecule has 3 rings (SSSR count). The van der Waals surface area contributed by atoms with Crippen molar-refractivity contribution in [1.82, 2.24) is 0 Å². The molecule has 4 heteroatoms. The third-order valence-corrected chi connectivity index (χ3v) is 5.93. The van der Waals surface area contributed by atoms with Crippen molar-refractivity contribution in [2.45, 2.75) is 51.9 Å². The van der Waals surface area contributed by atoms with Gasteiger partial charge in [0.2, 0.25) is 5.91 Å². The van der Waals surface area contributed by atoms with E-state index >= 15 is 0 Å². The van der Waals surface area contributed by atoms with E-state index in [-0.39, 0.29) is 11.3 Å². The van der Waals surface area contributed by atoms with Crippen LogP contribution in [-0.4, -0.2) is 5.91 Å². The first-order valence-corrected chi connectivity index (χ1v) is 9.84. The van der Waals surface area contributed by atoms with Crippen LogP contribution >= 0.6 is 11.3 Å². The topological polar surface area (TPSA) is 52.9 Å². The highest BCUT2D eigenvalue weighted by atomic mass is 32.1. The number of hydrogen-bond acceptors (Lipinski definition) is 3. The molecular formula is C22H24N2OS. The Morgan fingerprint density at radius 2 is 1.88 bits per heavy atom. The third kappa shape index (κ3) is 4.05. The largest absolute Gasteiger partial charge is 0.313 e. The molecular weight excluding hydrogens is 340 g/mol. The first kappa shape index (κ1) is 18.4. The minimum absolute atomic E-state index is 0.117. The van der Waals surface area contributed by atoms with Crippen molar-refractivity contribution in [1.29, 1.82) is 5.26 Å². The number of amides is 1. The monoisotopic (exact) mass is 364 g/mol. The van der Waals surface area contributed by atoms with Gasteiger partial charge < -0.3 is 5.32 Å². The maximum Gasteiger partial charge on any atom is 0.249 e. The molecule has 3 nitrogen and oxygen atoms in total. The highest BCUT2D eigenvalue weighted by molar-refractivity contribution is 7.16. The van der Waals surface area contributed by atoms with Gasteiger partial charge in [-0.05, 0) is 53.9 Å². The maximum atomic E-state index is 12.3. The summed E-state index contributed by atoms with van der Waals surface area (Å²) in [6.45, 7) is 6.54. The molecule has 1 aliphatic carbocycles. The Labute approximate surface area is 159 Å². The van der Waals surface area contributed by atoms with Gasteiger partial charge >= 0.3 is 0 Å². The zero-order valence-corrected chi connectivity index (χ0v) is 16.4. The number of carbonyl (C=O) groups excluding carboxylic acids is 1. The molecule has 26 heavy (non-hydrogen) atoms. The van der Waals surface area contributed by atoms with Crippen molar-refractivity contribution in [2.75, 3.05) is 5.32 Å². The molecule has 0 aliphatic heterocycles. The first-order valence-electron chi connectivity index (χ1n) is 9.03. The van der Waals surface area contributed by atoms with Crippen LogP contribution in [0.5, 0.6) is 0 Å². The summed E-state index contributed by atoms with van der Waals surface area (Å²) in [4.78, 5) is 13.5. The standard InChI is InChI=1S/C22H24N2OS/c1-22(2,3)16-11-8-15(9-12-16)10-13-20(25)24-21-18(14-23)17-6-4-5-7-19(17)26-21/h8-13H,4-7H2,1-3H3,(H,24,25)/b13-10+. The van der Waals surface area contributed by atoms with E-state index < -0.39 is 0 Å².